The molecule has 0 bridgehead atoms. The number of rotatable bonds is 1. The predicted molar refractivity (Wildman–Crippen MR) is 87.8 cm³/mol. The first-order chi connectivity index (χ1) is 8.98. The van der Waals surface area contributed by atoms with Crippen molar-refractivity contribution in [2.45, 2.75) is 27.7 Å². The Morgan fingerprint density at radius 1 is 1.11 bits per heavy atom. The predicted octanol–water partition coefficient (Wildman–Crippen LogP) is 5.40. The van der Waals surface area contributed by atoms with E-state index < -0.39 is 0 Å². The van der Waals surface area contributed by atoms with Crippen LogP contribution in [-0.4, -0.2) is 4.86 Å². The highest BCUT2D eigenvalue weighted by Crippen LogP contribution is 2.58. The average Bonchev–Trinajstić information content (AvgIpc) is 2.91. The summed E-state index contributed by atoms with van der Waals surface area (Å²) in [6, 6.07) is 10.5. The van der Waals surface area contributed by atoms with Crippen LogP contribution in [0.25, 0.3) is 5.57 Å². The zero-order valence-electron chi connectivity index (χ0n) is 11.7. The maximum atomic E-state index is 5.89. The van der Waals surface area contributed by atoms with Gasteiger partial charge in [-0.3, -0.25) is 0 Å². The summed E-state index contributed by atoms with van der Waals surface area (Å²) in [5.41, 5.74) is 4.12. The number of allylic oxidation sites excluding steroid dienone is 3. The van der Waals surface area contributed by atoms with E-state index in [2.05, 4.69) is 58.0 Å². The van der Waals surface area contributed by atoms with E-state index in [0.717, 1.165) is 0 Å². The Morgan fingerprint density at radius 3 is 2.42 bits per heavy atom. The molecule has 2 heterocycles. The van der Waals surface area contributed by atoms with Crippen molar-refractivity contribution in [2.24, 2.45) is 5.41 Å². The van der Waals surface area contributed by atoms with Crippen LogP contribution >= 0.6 is 20.6 Å². The summed E-state index contributed by atoms with van der Waals surface area (Å²) < 4.78 is 5.89. The van der Waals surface area contributed by atoms with Crippen LogP contribution in [-0.2, 0) is 4.18 Å². The molecule has 0 fully saturated rings. The molecule has 1 nitrogen and oxygen atoms in total. The van der Waals surface area contributed by atoms with Gasteiger partial charge in [0.25, 0.3) is 0 Å². The third-order valence-corrected chi connectivity index (χ3v) is 7.33. The number of hydrogen-bond donors (Lipinski definition) is 0. The van der Waals surface area contributed by atoms with Gasteiger partial charge < -0.3 is 4.18 Å². The lowest BCUT2D eigenvalue weighted by molar-refractivity contribution is 0.531. The monoisotopic (exact) mass is 290 g/mol. The van der Waals surface area contributed by atoms with Crippen LogP contribution in [0.5, 0.6) is 0 Å². The molecule has 0 aromatic heterocycles. The van der Waals surface area contributed by atoms with E-state index in [0.29, 0.717) is 0 Å². The Hall–Kier alpha value is -0.930. The molecule has 3 heteroatoms. The maximum Gasteiger partial charge on any atom is 0.110 e. The standard InChI is InChI=1S/C16H18OS2/c1-11-14-13(12-8-6-5-7-9-12)10-17-19(14)18-15(11)16(2,3)4/h5-10H,1-4H3. The van der Waals surface area contributed by atoms with E-state index in [9.17, 15) is 0 Å². The molecular weight excluding hydrogens is 272 g/mol. The second-order valence-electron chi connectivity index (χ2n) is 5.85. The third kappa shape index (κ3) is 2.19. The maximum absolute atomic E-state index is 5.89. The van der Waals surface area contributed by atoms with Crippen LogP contribution in [0.4, 0.5) is 0 Å². The van der Waals surface area contributed by atoms with Gasteiger partial charge in [-0.15, -0.1) is 0 Å². The number of hydrogen-bond acceptors (Lipinski definition) is 2. The summed E-state index contributed by atoms with van der Waals surface area (Å²) in [5.74, 6) is 0. The molecule has 0 radical (unpaired) electrons. The molecule has 0 saturated carbocycles. The molecule has 3 rings (SSSR count). The molecule has 2 aliphatic rings. The molecule has 0 spiro atoms. The molecule has 0 N–H and O–H groups in total. The number of benzene rings is 1. The minimum atomic E-state index is -0.138. The quantitative estimate of drug-likeness (QED) is 0.506. The Bertz CT molecular complexity index is 616. The molecular formula is C16H18OS2. The van der Waals surface area contributed by atoms with E-state index >= 15 is 0 Å². The van der Waals surface area contributed by atoms with Gasteiger partial charge in [0.1, 0.15) is 6.26 Å². The van der Waals surface area contributed by atoms with Crippen molar-refractivity contribution < 1.29 is 4.18 Å². The van der Waals surface area contributed by atoms with Gasteiger partial charge in [0.05, 0.1) is 14.7 Å². The molecule has 0 aliphatic carbocycles. The highest BCUT2D eigenvalue weighted by atomic mass is 33.1. The molecule has 2 aliphatic heterocycles. The summed E-state index contributed by atoms with van der Waals surface area (Å²) in [5, 5.41) is 0. The van der Waals surface area contributed by atoms with E-state index in [1.54, 1.807) is 0 Å². The zero-order chi connectivity index (χ0) is 13.6. The van der Waals surface area contributed by atoms with Gasteiger partial charge in [0, 0.05) is 10.5 Å². The molecule has 100 valence electrons. The van der Waals surface area contributed by atoms with Crippen molar-refractivity contribution in [3.63, 3.8) is 0 Å². The van der Waals surface area contributed by atoms with Crippen molar-refractivity contribution in [3.8, 4) is 0 Å². The van der Waals surface area contributed by atoms with Gasteiger partial charge in [-0.05, 0) is 34.3 Å². The van der Waals surface area contributed by atoms with Crippen LogP contribution in [0.1, 0.15) is 33.3 Å². The van der Waals surface area contributed by atoms with Crippen LogP contribution in [0.3, 0.4) is 0 Å². The first-order valence-corrected chi connectivity index (χ1v) is 8.91. The van der Waals surface area contributed by atoms with Crippen LogP contribution < -0.4 is 0 Å². The van der Waals surface area contributed by atoms with Gasteiger partial charge in [-0.2, -0.15) is 0 Å². The lowest BCUT2D eigenvalue weighted by Crippen LogP contribution is -2.09. The summed E-state index contributed by atoms with van der Waals surface area (Å²) in [4.78, 5) is 2.86. The Balaban J connectivity index is 2.03. The first-order valence-electron chi connectivity index (χ1n) is 6.43. The smallest absolute Gasteiger partial charge is 0.110 e. The van der Waals surface area contributed by atoms with E-state index in [-0.39, 0.29) is 15.2 Å². The topological polar surface area (TPSA) is 9.23 Å². The van der Waals surface area contributed by atoms with Gasteiger partial charge in [0.2, 0.25) is 0 Å². The van der Waals surface area contributed by atoms with Crippen molar-refractivity contribution >= 4 is 31.0 Å². The Morgan fingerprint density at radius 2 is 1.79 bits per heavy atom. The Labute approximate surface area is 121 Å². The fraction of sp³-hybridized carbons (Fsp3) is 0.312. The zero-order valence-corrected chi connectivity index (χ0v) is 13.3. The first kappa shape index (κ1) is 13.1. The van der Waals surface area contributed by atoms with Crippen molar-refractivity contribution in [3.05, 3.63) is 52.6 Å². The highest BCUT2D eigenvalue weighted by molar-refractivity contribution is 8.84. The van der Waals surface area contributed by atoms with Crippen molar-refractivity contribution in [1.82, 2.24) is 0 Å². The summed E-state index contributed by atoms with van der Waals surface area (Å²) in [6.45, 7) is 9.06. The minimum Gasteiger partial charge on any atom is -0.430 e. The van der Waals surface area contributed by atoms with E-state index in [1.807, 2.05) is 17.1 Å². The summed E-state index contributed by atoms with van der Waals surface area (Å²) in [6.07, 6.45) is 1.93. The van der Waals surface area contributed by atoms with Gasteiger partial charge in [-0.25, -0.2) is 0 Å². The van der Waals surface area contributed by atoms with Gasteiger partial charge in [0.15, 0.2) is 0 Å². The minimum absolute atomic E-state index is 0.138. The highest BCUT2D eigenvalue weighted by Gasteiger charge is 2.35. The Kier molecular flexibility index (Phi) is 3.14. The third-order valence-electron chi connectivity index (χ3n) is 3.27. The van der Waals surface area contributed by atoms with Crippen LogP contribution in [0.2, 0.25) is 0 Å². The molecule has 0 saturated heterocycles. The lowest BCUT2D eigenvalue weighted by atomic mass is 9.90. The van der Waals surface area contributed by atoms with Crippen LogP contribution in [0, 0.1) is 5.41 Å². The van der Waals surface area contributed by atoms with Crippen LogP contribution in [0.15, 0.2) is 47.1 Å². The normalized spacial score (nSPS) is 22.4. The molecule has 0 amide bonds. The fourth-order valence-corrected chi connectivity index (χ4v) is 6.92. The molecule has 1 aromatic rings. The van der Waals surface area contributed by atoms with E-state index in [4.69, 9.17) is 4.18 Å². The fourth-order valence-electron chi connectivity index (χ4n) is 2.42. The summed E-state index contributed by atoms with van der Waals surface area (Å²) >= 11 is 0. The van der Waals surface area contributed by atoms with Crippen molar-refractivity contribution in [2.75, 3.05) is 0 Å². The van der Waals surface area contributed by atoms with E-state index in [1.165, 1.54) is 26.5 Å². The SMILES string of the molecule is CC1=C(C(C)(C)C)SS2=C1C(c1ccccc1)=CO2. The van der Waals surface area contributed by atoms with Gasteiger partial charge >= 0.3 is 0 Å². The molecule has 1 unspecified atom stereocenters. The van der Waals surface area contributed by atoms with Crippen molar-refractivity contribution in [1.29, 1.82) is 0 Å². The second-order valence-corrected chi connectivity index (χ2v) is 8.90. The average molecular weight is 290 g/mol. The van der Waals surface area contributed by atoms with Gasteiger partial charge in [-0.1, -0.05) is 51.1 Å². The molecule has 1 atom stereocenters. The molecule has 19 heavy (non-hydrogen) atoms. The largest absolute Gasteiger partial charge is 0.430 e. The lowest BCUT2D eigenvalue weighted by Gasteiger charge is -2.21. The summed E-state index contributed by atoms with van der Waals surface area (Å²) in [7, 11) is 1.75. The second kappa shape index (κ2) is 4.57. The molecule has 1 aromatic carbocycles.